The highest BCUT2D eigenvalue weighted by Crippen LogP contribution is 2.18. The Labute approximate surface area is 178 Å². The SMILES string of the molecule is Cn1cc(NC(=O)c2cc([N+](=O)[O-])cn2C)cc1C(=O)NCCC(=N)N1CCOCC1. The lowest BCUT2D eigenvalue weighted by atomic mass is 10.3. The van der Waals surface area contributed by atoms with E-state index in [0.29, 0.717) is 56.5 Å². The number of nitrogens with one attached hydrogen (secondary N) is 3. The number of amidine groups is 1. The lowest BCUT2D eigenvalue weighted by Gasteiger charge is -2.29. The first-order valence-corrected chi connectivity index (χ1v) is 9.73. The standard InChI is InChI=1S/C19H25N7O5/c1-23-11-13(22-19(28)16-10-14(26(29)30)12-24(16)2)9-15(23)18(27)21-4-3-17(20)25-5-7-31-8-6-25/h9-12,20H,3-8H2,1-2H3,(H,21,27)(H,22,28). The first-order valence-electron chi connectivity index (χ1n) is 9.73. The Bertz CT molecular complexity index is 1000. The highest BCUT2D eigenvalue weighted by atomic mass is 16.6. The van der Waals surface area contributed by atoms with Crippen molar-refractivity contribution in [1.29, 1.82) is 5.41 Å². The fraction of sp³-hybridized carbons (Fsp3) is 0.421. The van der Waals surface area contributed by atoms with Crippen LogP contribution in [0, 0.1) is 15.5 Å². The molecule has 1 fully saturated rings. The van der Waals surface area contributed by atoms with E-state index >= 15 is 0 Å². The van der Waals surface area contributed by atoms with E-state index in [1.165, 1.54) is 22.9 Å². The van der Waals surface area contributed by atoms with Gasteiger partial charge in [-0.25, -0.2) is 0 Å². The van der Waals surface area contributed by atoms with Gasteiger partial charge in [-0.3, -0.25) is 25.1 Å². The number of aromatic nitrogens is 2. The van der Waals surface area contributed by atoms with Crippen molar-refractivity contribution in [3.8, 4) is 0 Å². The summed E-state index contributed by atoms with van der Waals surface area (Å²) in [6.07, 6.45) is 3.25. The van der Waals surface area contributed by atoms with Crippen molar-refractivity contribution in [2.24, 2.45) is 14.1 Å². The van der Waals surface area contributed by atoms with Crippen LogP contribution in [-0.4, -0.2) is 69.5 Å². The molecule has 2 aromatic heterocycles. The van der Waals surface area contributed by atoms with Crippen molar-refractivity contribution < 1.29 is 19.2 Å². The maximum atomic E-state index is 12.5. The molecule has 0 bridgehead atoms. The van der Waals surface area contributed by atoms with Gasteiger partial charge in [0, 0.05) is 52.4 Å². The molecule has 0 unspecified atom stereocenters. The van der Waals surface area contributed by atoms with E-state index in [1.807, 2.05) is 4.90 Å². The molecule has 12 heteroatoms. The molecule has 12 nitrogen and oxygen atoms in total. The summed E-state index contributed by atoms with van der Waals surface area (Å²) in [6, 6.07) is 2.72. The lowest BCUT2D eigenvalue weighted by Crippen LogP contribution is -2.41. The summed E-state index contributed by atoms with van der Waals surface area (Å²) in [5.74, 6) is -0.389. The third kappa shape index (κ3) is 5.28. The molecule has 3 rings (SSSR count). The van der Waals surface area contributed by atoms with E-state index in [4.69, 9.17) is 10.1 Å². The van der Waals surface area contributed by atoms with E-state index in [1.54, 1.807) is 24.9 Å². The molecule has 166 valence electrons. The van der Waals surface area contributed by atoms with Crippen LogP contribution in [0.4, 0.5) is 11.4 Å². The van der Waals surface area contributed by atoms with Crippen molar-refractivity contribution in [2.75, 3.05) is 38.2 Å². The average molecular weight is 431 g/mol. The van der Waals surface area contributed by atoms with Crippen LogP contribution >= 0.6 is 0 Å². The Morgan fingerprint density at radius 1 is 1.13 bits per heavy atom. The molecule has 1 aliphatic rings. The largest absolute Gasteiger partial charge is 0.378 e. The van der Waals surface area contributed by atoms with Crippen molar-refractivity contribution >= 4 is 29.0 Å². The topological polar surface area (TPSA) is 148 Å². The summed E-state index contributed by atoms with van der Waals surface area (Å²) >= 11 is 0. The molecule has 3 N–H and O–H groups in total. The molecule has 0 radical (unpaired) electrons. The second-order valence-corrected chi connectivity index (χ2v) is 7.18. The fourth-order valence-electron chi connectivity index (χ4n) is 3.30. The molecule has 1 aliphatic heterocycles. The van der Waals surface area contributed by atoms with Gasteiger partial charge in [0.2, 0.25) is 0 Å². The van der Waals surface area contributed by atoms with Gasteiger partial charge < -0.3 is 29.4 Å². The third-order valence-electron chi connectivity index (χ3n) is 4.97. The van der Waals surface area contributed by atoms with Gasteiger partial charge in [0.1, 0.15) is 11.4 Å². The molecule has 0 atom stereocenters. The molecular weight excluding hydrogens is 406 g/mol. The van der Waals surface area contributed by atoms with Gasteiger partial charge in [0.15, 0.2) is 0 Å². The van der Waals surface area contributed by atoms with Gasteiger partial charge in [-0.05, 0) is 6.07 Å². The number of nitro groups is 1. The van der Waals surface area contributed by atoms with E-state index in [9.17, 15) is 19.7 Å². The van der Waals surface area contributed by atoms with Gasteiger partial charge in [-0.15, -0.1) is 0 Å². The first-order chi connectivity index (χ1) is 14.8. The zero-order chi connectivity index (χ0) is 22.5. The highest BCUT2D eigenvalue weighted by Gasteiger charge is 2.20. The molecule has 2 aromatic rings. The molecule has 31 heavy (non-hydrogen) atoms. The number of ether oxygens (including phenoxy) is 1. The minimum Gasteiger partial charge on any atom is -0.378 e. The number of hydrogen-bond acceptors (Lipinski definition) is 6. The molecular formula is C19H25N7O5. The summed E-state index contributed by atoms with van der Waals surface area (Å²) in [6.45, 7) is 2.87. The first kappa shape index (κ1) is 22.0. The van der Waals surface area contributed by atoms with Crippen LogP contribution < -0.4 is 10.6 Å². The van der Waals surface area contributed by atoms with Gasteiger partial charge >= 0.3 is 0 Å². The summed E-state index contributed by atoms with van der Waals surface area (Å²) < 4.78 is 8.21. The summed E-state index contributed by atoms with van der Waals surface area (Å²) in [7, 11) is 3.22. The lowest BCUT2D eigenvalue weighted by molar-refractivity contribution is -0.384. The van der Waals surface area contributed by atoms with Crippen molar-refractivity contribution in [3.63, 3.8) is 0 Å². The number of amides is 2. The van der Waals surface area contributed by atoms with Crippen molar-refractivity contribution in [1.82, 2.24) is 19.4 Å². The number of carbonyl (C=O) groups is 2. The Hall–Kier alpha value is -3.67. The van der Waals surface area contributed by atoms with Crippen LogP contribution in [-0.2, 0) is 18.8 Å². The van der Waals surface area contributed by atoms with Crippen LogP contribution in [0.15, 0.2) is 24.5 Å². The number of morpholine rings is 1. The number of hydrogen-bond donors (Lipinski definition) is 3. The maximum absolute atomic E-state index is 12.5. The molecule has 3 heterocycles. The quantitative estimate of drug-likeness (QED) is 0.257. The third-order valence-corrected chi connectivity index (χ3v) is 4.97. The van der Waals surface area contributed by atoms with E-state index in [0.717, 1.165) is 0 Å². The molecule has 0 aliphatic carbocycles. The van der Waals surface area contributed by atoms with Gasteiger partial charge in [0.05, 0.1) is 35.9 Å². The maximum Gasteiger partial charge on any atom is 0.287 e. The Kier molecular flexibility index (Phi) is 6.70. The monoisotopic (exact) mass is 431 g/mol. The summed E-state index contributed by atoms with van der Waals surface area (Å²) in [4.78, 5) is 37.2. The van der Waals surface area contributed by atoms with Crippen LogP contribution in [0.1, 0.15) is 27.4 Å². The van der Waals surface area contributed by atoms with Gasteiger partial charge in [0.25, 0.3) is 17.5 Å². The zero-order valence-electron chi connectivity index (χ0n) is 17.4. The minimum atomic E-state index is -0.569. The number of anilines is 1. The van der Waals surface area contributed by atoms with Crippen molar-refractivity contribution in [3.05, 3.63) is 46.0 Å². The minimum absolute atomic E-state index is 0.128. The zero-order valence-corrected chi connectivity index (χ0v) is 17.4. The fourth-order valence-corrected chi connectivity index (χ4v) is 3.30. The molecule has 0 saturated carbocycles. The second-order valence-electron chi connectivity index (χ2n) is 7.18. The highest BCUT2D eigenvalue weighted by molar-refractivity contribution is 6.04. The summed E-state index contributed by atoms with van der Waals surface area (Å²) in [5, 5.41) is 24.4. The number of nitrogens with zero attached hydrogens (tertiary/aromatic N) is 4. The predicted molar refractivity (Wildman–Crippen MR) is 113 cm³/mol. The van der Waals surface area contributed by atoms with Crippen molar-refractivity contribution in [2.45, 2.75) is 6.42 Å². The molecule has 0 aromatic carbocycles. The van der Waals surface area contributed by atoms with Crippen LogP contribution in [0.5, 0.6) is 0 Å². The van der Waals surface area contributed by atoms with Gasteiger partial charge in [-0.1, -0.05) is 0 Å². The number of rotatable bonds is 7. The van der Waals surface area contributed by atoms with Gasteiger partial charge in [-0.2, -0.15) is 0 Å². The van der Waals surface area contributed by atoms with E-state index in [-0.39, 0.29) is 17.3 Å². The number of aryl methyl sites for hydroxylation is 2. The normalized spacial score (nSPS) is 13.7. The molecule has 0 spiro atoms. The van der Waals surface area contributed by atoms with Crippen LogP contribution in [0.2, 0.25) is 0 Å². The van der Waals surface area contributed by atoms with Crippen LogP contribution in [0.3, 0.4) is 0 Å². The molecule has 2 amide bonds. The Morgan fingerprint density at radius 2 is 1.77 bits per heavy atom. The average Bonchev–Trinajstić information content (AvgIpc) is 3.31. The van der Waals surface area contributed by atoms with E-state index in [2.05, 4.69) is 10.6 Å². The molecule has 1 saturated heterocycles. The Morgan fingerprint density at radius 3 is 2.42 bits per heavy atom. The second kappa shape index (κ2) is 9.43. The van der Waals surface area contributed by atoms with E-state index < -0.39 is 10.8 Å². The number of carbonyl (C=O) groups excluding carboxylic acids is 2. The predicted octanol–water partition coefficient (Wildman–Crippen LogP) is 0.953. The van der Waals surface area contributed by atoms with Crippen LogP contribution in [0.25, 0.3) is 0 Å². The summed E-state index contributed by atoms with van der Waals surface area (Å²) in [5.41, 5.74) is 0.681. The smallest absolute Gasteiger partial charge is 0.287 e. The Balaban J connectivity index is 1.56.